The van der Waals surface area contributed by atoms with E-state index in [9.17, 15) is 9.59 Å². The molecule has 0 aromatic heterocycles. The number of hydrogen-bond acceptors (Lipinski definition) is 3. The first-order valence-electron chi connectivity index (χ1n) is 4.30. The predicted molar refractivity (Wildman–Crippen MR) is 57.7 cm³/mol. The van der Waals surface area contributed by atoms with Crippen molar-refractivity contribution in [2.24, 2.45) is 5.73 Å². The summed E-state index contributed by atoms with van der Waals surface area (Å²) >= 11 is 4.56. The van der Waals surface area contributed by atoms with E-state index in [1.807, 2.05) is 6.92 Å². The molecule has 0 atom stereocenters. The maximum absolute atomic E-state index is 11.3. The number of likely N-dealkylation sites (N-methyl/N-ethyl adjacent to an activating group) is 1. The lowest BCUT2D eigenvalue weighted by Gasteiger charge is -2.14. The fourth-order valence-electron chi connectivity index (χ4n) is 0.853. The maximum Gasteiger partial charge on any atom is 0.311 e. The van der Waals surface area contributed by atoms with Gasteiger partial charge in [0.05, 0.1) is 11.5 Å². The number of nitrogens with two attached hydrogens (primary N) is 1. The van der Waals surface area contributed by atoms with E-state index in [0.29, 0.717) is 6.54 Å². The van der Waals surface area contributed by atoms with Gasteiger partial charge in [0.1, 0.15) is 0 Å². The quantitative estimate of drug-likeness (QED) is 0.480. The lowest BCUT2D eigenvalue weighted by atomic mass is 10.4. The Labute approximate surface area is 88.6 Å². The number of carbonyl (C=O) groups is 2. The largest absolute Gasteiger partial charge is 0.392 e. The van der Waals surface area contributed by atoms with Crippen molar-refractivity contribution in [2.75, 3.05) is 20.1 Å². The van der Waals surface area contributed by atoms with Crippen molar-refractivity contribution in [3.8, 4) is 0 Å². The molecule has 0 saturated carbocycles. The summed E-state index contributed by atoms with van der Waals surface area (Å²) in [6.45, 7) is 2.54. The van der Waals surface area contributed by atoms with Gasteiger partial charge in [0, 0.05) is 13.6 Å². The lowest BCUT2D eigenvalue weighted by Crippen LogP contribution is -2.43. The van der Waals surface area contributed by atoms with Gasteiger partial charge in [-0.05, 0) is 6.42 Å². The first-order chi connectivity index (χ1) is 6.49. The third kappa shape index (κ3) is 4.76. The fourth-order valence-corrected chi connectivity index (χ4v) is 0.925. The Kier molecular flexibility index (Phi) is 5.78. The summed E-state index contributed by atoms with van der Waals surface area (Å²) in [5.41, 5.74) is 5.17. The van der Waals surface area contributed by atoms with Gasteiger partial charge in [-0.1, -0.05) is 19.1 Å². The van der Waals surface area contributed by atoms with Gasteiger partial charge < -0.3 is 16.0 Å². The number of thiocarbonyl (C=S) groups is 1. The van der Waals surface area contributed by atoms with Crippen LogP contribution in [0.3, 0.4) is 0 Å². The zero-order valence-electron chi connectivity index (χ0n) is 8.37. The van der Waals surface area contributed by atoms with Crippen molar-refractivity contribution < 1.29 is 9.59 Å². The van der Waals surface area contributed by atoms with Crippen LogP contribution in [0.5, 0.6) is 0 Å². The second kappa shape index (κ2) is 6.31. The summed E-state index contributed by atoms with van der Waals surface area (Å²) in [4.78, 5) is 23.9. The third-order valence-electron chi connectivity index (χ3n) is 1.52. The Balaban J connectivity index is 3.99. The van der Waals surface area contributed by atoms with Crippen LogP contribution >= 0.6 is 12.2 Å². The van der Waals surface area contributed by atoms with Gasteiger partial charge >= 0.3 is 11.8 Å². The molecule has 0 bridgehead atoms. The highest BCUT2D eigenvalue weighted by Gasteiger charge is 2.17. The van der Waals surface area contributed by atoms with Crippen molar-refractivity contribution in [3.05, 3.63) is 0 Å². The molecule has 0 aromatic carbocycles. The molecule has 3 N–H and O–H groups in total. The topological polar surface area (TPSA) is 75.4 Å². The summed E-state index contributed by atoms with van der Waals surface area (Å²) in [5.74, 6) is -1.24. The Morgan fingerprint density at radius 3 is 2.50 bits per heavy atom. The normalized spacial score (nSPS) is 9.29. The Hall–Kier alpha value is -1.17. The second-order valence-electron chi connectivity index (χ2n) is 2.88. The predicted octanol–water partition coefficient (Wildman–Crippen LogP) is -0.743. The molecular formula is C8H15N3O2S. The average Bonchev–Trinajstić information content (AvgIpc) is 2.13. The summed E-state index contributed by atoms with van der Waals surface area (Å²) in [7, 11) is 1.58. The number of carbonyl (C=O) groups excluding carboxylic acids is 2. The number of rotatable bonds is 4. The molecule has 0 radical (unpaired) electrons. The van der Waals surface area contributed by atoms with Crippen molar-refractivity contribution in [1.29, 1.82) is 0 Å². The molecule has 0 heterocycles. The van der Waals surface area contributed by atoms with Gasteiger partial charge in [-0.3, -0.25) is 9.59 Å². The van der Waals surface area contributed by atoms with E-state index in [1.165, 1.54) is 4.90 Å². The third-order valence-corrected chi connectivity index (χ3v) is 1.67. The van der Waals surface area contributed by atoms with E-state index >= 15 is 0 Å². The molecular weight excluding hydrogens is 202 g/mol. The van der Waals surface area contributed by atoms with Crippen LogP contribution in [-0.4, -0.2) is 41.8 Å². The Morgan fingerprint density at radius 2 is 2.07 bits per heavy atom. The molecule has 0 unspecified atom stereocenters. The Bertz CT molecular complexity index is 243. The van der Waals surface area contributed by atoms with E-state index in [0.717, 1.165) is 6.42 Å². The van der Waals surface area contributed by atoms with E-state index < -0.39 is 11.8 Å². The van der Waals surface area contributed by atoms with E-state index in [4.69, 9.17) is 5.73 Å². The highest BCUT2D eigenvalue weighted by Crippen LogP contribution is 1.87. The molecule has 0 spiro atoms. The van der Waals surface area contributed by atoms with Crippen LogP contribution in [0.2, 0.25) is 0 Å². The van der Waals surface area contributed by atoms with Gasteiger partial charge in [0.2, 0.25) is 0 Å². The van der Waals surface area contributed by atoms with Crippen LogP contribution in [0.1, 0.15) is 13.3 Å². The van der Waals surface area contributed by atoms with Crippen molar-refractivity contribution >= 4 is 29.0 Å². The van der Waals surface area contributed by atoms with E-state index in [-0.39, 0.29) is 11.5 Å². The average molecular weight is 217 g/mol. The second-order valence-corrected chi connectivity index (χ2v) is 3.40. The van der Waals surface area contributed by atoms with Gasteiger partial charge in [0.15, 0.2) is 0 Å². The molecule has 2 amide bonds. The molecule has 0 aliphatic carbocycles. The molecule has 5 nitrogen and oxygen atoms in total. The number of hydrogen-bond donors (Lipinski definition) is 2. The van der Waals surface area contributed by atoms with Gasteiger partial charge in [-0.15, -0.1) is 0 Å². The van der Waals surface area contributed by atoms with Crippen LogP contribution in [0, 0.1) is 0 Å². The van der Waals surface area contributed by atoms with Crippen LogP contribution in [0.4, 0.5) is 0 Å². The van der Waals surface area contributed by atoms with Gasteiger partial charge in [0.25, 0.3) is 0 Å². The van der Waals surface area contributed by atoms with Crippen LogP contribution in [0.15, 0.2) is 0 Å². The molecule has 0 aliphatic heterocycles. The van der Waals surface area contributed by atoms with Crippen molar-refractivity contribution in [1.82, 2.24) is 10.2 Å². The SMILES string of the molecule is CCCN(C)C(=O)C(=O)NCC(N)=S. The smallest absolute Gasteiger partial charge is 0.311 e. The van der Waals surface area contributed by atoms with E-state index in [1.54, 1.807) is 7.05 Å². The lowest BCUT2D eigenvalue weighted by molar-refractivity contribution is -0.144. The molecule has 0 fully saturated rings. The summed E-state index contributed by atoms with van der Waals surface area (Å²) in [6.07, 6.45) is 0.810. The van der Waals surface area contributed by atoms with Crippen LogP contribution in [0.25, 0.3) is 0 Å². The number of amides is 2. The zero-order chi connectivity index (χ0) is 11.1. The van der Waals surface area contributed by atoms with E-state index in [2.05, 4.69) is 17.5 Å². The standard InChI is InChI=1S/C8H15N3O2S/c1-3-4-11(2)8(13)7(12)10-5-6(9)14/h3-5H2,1-2H3,(H2,9,14)(H,10,12). The molecule has 6 heteroatoms. The molecule has 0 rings (SSSR count). The summed E-state index contributed by atoms with van der Waals surface area (Å²) in [6, 6.07) is 0. The molecule has 0 saturated heterocycles. The zero-order valence-corrected chi connectivity index (χ0v) is 9.19. The monoisotopic (exact) mass is 217 g/mol. The molecule has 80 valence electrons. The number of nitrogens with one attached hydrogen (secondary N) is 1. The van der Waals surface area contributed by atoms with Gasteiger partial charge in [-0.2, -0.15) is 0 Å². The number of nitrogens with zero attached hydrogens (tertiary/aromatic N) is 1. The first-order valence-corrected chi connectivity index (χ1v) is 4.71. The van der Waals surface area contributed by atoms with Crippen molar-refractivity contribution in [3.63, 3.8) is 0 Å². The van der Waals surface area contributed by atoms with Gasteiger partial charge in [-0.25, -0.2) is 0 Å². The first kappa shape index (κ1) is 12.8. The van der Waals surface area contributed by atoms with Crippen LogP contribution in [-0.2, 0) is 9.59 Å². The highest BCUT2D eigenvalue weighted by atomic mass is 32.1. The summed E-state index contributed by atoms with van der Waals surface area (Å²) < 4.78 is 0. The minimum absolute atomic E-state index is 0.0554. The highest BCUT2D eigenvalue weighted by molar-refractivity contribution is 7.80. The Morgan fingerprint density at radius 1 is 1.50 bits per heavy atom. The minimum atomic E-state index is -0.672. The van der Waals surface area contributed by atoms with Crippen molar-refractivity contribution in [2.45, 2.75) is 13.3 Å². The molecule has 0 aliphatic rings. The molecule has 0 aromatic rings. The maximum atomic E-state index is 11.3. The molecule has 14 heavy (non-hydrogen) atoms. The summed E-state index contributed by atoms with van der Waals surface area (Å²) in [5, 5.41) is 2.32. The minimum Gasteiger partial charge on any atom is -0.392 e. The fraction of sp³-hybridized carbons (Fsp3) is 0.625. The van der Waals surface area contributed by atoms with Crippen LogP contribution < -0.4 is 11.1 Å².